The molecule has 0 aromatic carbocycles. The van der Waals surface area contributed by atoms with Gasteiger partial charge < -0.3 is 10.4 Å². The van der Waals surface area contributed by atoms with E-state index in [0.717, 1.165) is 32.1 Å². The highest BCUT2D eigenvalue weighted by Crippen LogP contribution is 2.29. The molecular weight excluding hydrogens is 367 g/mol. The SMILES string of the molecule is O=C(N=NC1CCC(OC(F)(F)F)CC1)NC(CC1CCCCC1)C(=O)O. The van der Waals surface area contributed by atoms with Crippen molar-refractivity contribution in [2.24, 2.45) is 16.1 Å². The fourth-order valence-corrected chi connectivity index (χ4v) is 3.76. The van der Waals surface area contributed by atoms with Gasteiger partial charge in [0.2, 0.25) is 0 Å². The third kappa shape index (κ3) is 8.23. The number of rotatable bonds is 6. The number of nitrogens with zero attached hydrogens (tertiary/aromatic N) is 2. The Labute approximate surface area is 155 Å². The number of nitrogens with one attached hydrogen (secondary N) is 1. The van der Waals surface area contributed by atoms with E-state index < -0.39 is 30.5 Å². The topological polar surface area (TPSA) is 100 Å². The molecule has 0 radical (unpaired) electrons. The molecule has 1 atom stereocenters. The lowest BCUT2D eigenvalue weighted by Gasteiger charge is -2.26. The molecule has 2 aliphatic carbocycles. The van der Waals surface area contributed by atoms with Crippen LogP contribution in [0.15, 0.2) is 10.2 Å². The van der Waals surface area contributed by atoms with Crippen LogP contribution in [0.3, 0.4) is 0 Å². The number of alkyl halides is 3. The first-order chi connectivity index (χ1) is 12.7. The molecule has 0 aromatic heterocycles. The van der Waals surface area contributed by atoms with Crippen LogP contribution in [0.1, 0.15) is 64.2 Å². The Kier molecular flexibility index (Phi) is 8.00. The van der Waals surface area contributed by atoms with Gasteiger partial charge in [0.05, 0.1) is 12.1 Å². The maximum absolute atomic E-state index is 12.2. The van der Waals surface area contributed by atoms with Gasteiger partial charge in [-0.1, -0.05) is 37.2 Å². The Bertz CT molecular complexity index is 528. The second kappa shape index (κ2) is 10.0. The molecule has 10 heteroatoms. The lowest BCUT2D eigenvalue weighted by molar-refractivity contribution is -0.345. The molecule has 2 amide bonds. The first-order valence-corrected chi connectivity index (χ1v) is 9.41. The Balaban J connectivity index is 1.75. The third-order valence-corrected chi connectivity index (χ3v) is 5.15. The quantitative estimate of drug-likeness (QED) is 0.652. The summed E-state index contributed by atoms with van der Waals surface area (Å²) in [5, 5.41) is 19.0. The first kappa shape index (κ1) is 21.6. The van der Waals surface area contributed by atoms with E-state index in [1.54, 1.807) is 0 Å². The van der Waals surface area contributed by atoms with E-state index in [-0.39, 0.29) is 24.8 Å². The number of halogens is 3. The summed E-state index contributed by atoms with van der Waals surface area (Å²) in [6.45, 7) is 0. The van der Waals surface area contributed by atoms with E-state index in [1.165, 1.54) is 0 Å². The van der Waals surface area contributed by atoms with Crippen LogP contribution < -0.4 is 5.32 Å². The molecule has 2 saturated carbocycles. The number of carbonyl (C=O) groups excluding carboxylic acids is 1. The van der Waals surface area contributed by atoms with Crippen molar-refractivity contribution in [3.8, 4) is 0 Å². The zero-order valence-corrected chi connectivity index (χ0v) is 15.1. The van der Waals surface area contributed by atoms with Crippen LogP contribution in [0.2, 0.25) is 0 Å². The van der Waals surface area contributed by atoms with E-state index in [2.05, 4.69) is 20.3 Å². The minimum absolute atomic E-state index is 0.185. The summed E-state index contributed by atoms with van der Waals surface area (Å²) in [7, 11) is 0. The Morgan fingerprint density at radius 2 is 1.70 bits per heavy atom. The van der Waals surface area contributed by atoms with Crippen molar-refractivity contribution in [1.82, 2.24) is 5.32 Å². The van der Waals surface area contributed by atoms with Gasteiger partial charge in [-0.15, -0.1) is 13.2 Å². The molecule has 27 heavy (non-hydrogen) atoms. The predicted octanol–water partition coefficient (Wildman–Crippen LogP) is 4.42. The average Bonchev–Trinajstić information content (AvgIpc) is 2.60. The smallest absolute Gasteiger partial charge is 0.480 e. The van der Waals surface area contributed by atoms with Crippen LogP contribution in [0.25, 0.3) is 0 Å². The number of carboxylic acid groups (broad SMARTS) is 1. The van der Waals surface area contributed by atoms with Gasteiger partial charge in [0, 0.05) is 0 Å². The van der Waals surface area contributed by atoms with Gasteiger partial charge in [0.25, 0.3) is 0 Å². The number of azo groups is 1. The van der Waals surface area contributed by atoms with Crippen molar-refractivity contribution in [3.63, 3.8) is 0 Å². The summed E-state index contributed by atoms with van der Waals surface area (Å²) < 4.78 is 40.5. The first-order valence-electron chi connectivity index (χ1n) is 9.41. The summed E-state index contributed by atoms with van der Waals surface area (Å²) in [6.07, 6.45) is 1.10. The molecule has 2 fully saturated rings. The van der Waals surface area contributed by atoms with E-state index in [1.807, 2.05) is 0 Å². The summed E-state index contributed by atoms with van der Waals surface area (Å²) >= 11 is 0. The molecule has 7 nitrogen and oxygen atoms in total. The Hall–Kier alpha value is -1.71. The molecule has 0 heterocycles. The molecule has 154 valence electrons. The Morgan fingerprint density at radius 1 is 1.07 bits per heavy atom. The highest BCUT2D eigenvalue weighted by atomic mass is 19.4. The third-order valence-electron chi connectivity index (χ3n) is 5.15. The zero-order valence-electron chi connectivity index (χ0n) is 15.1. The molecular formula is C17H26F3N3O4. The number of aliphatic carboxylic acids is 1. The van der Waals surface area contributed by atoms with E-state index >= 15 is 0 Å². The van der Waals surface area contributed by atoms with E-state index in [4.69, 9.17) is 0 Å². The average molecular weight is 393 g/mol. The van der Waals surface area contributed by atoms with Gasteiger partial charge in [-0.05, 0) is 38.0 Å². The second-order valence-corrected chi connectivity index (χ2v) is 7.29. The summed E-state index contributed by atoms with van der Waals surface area (Å²) in [4.78, 5) is 23.3. The van der Waals surface area contributed by atoms with Gasteiger partial charge in [0.1, 0.15) is 6.04 Å². The van der Waals surface area contributed by atoms with Gasteiger partial charge >= 0.3 is 18.4 Å². The summed E-state index contributed by atoms with van der Waals surface area (Å²) in [5.74, 6) is -0.824. The van der Waals surface area contributed by atoms with Gasteiger partial charge in [-0.3, -0.25) is 4.74 Å². The number of amides is 2. The number of carbonyl (C=O) groups is 2. The number of hydrogen-bond donors (Lipinski definition) is 2. The minimum Gasteiger partial charge on any atom is -0.480 e. The van der Waals surface area contributed by atoms with Gasteiger partial charge in [-0.2, -0.15) is 5.11 Å². The van der Waals surface area contributed by atoms with Crippen LogP contribution >= 0.6 is 0 Å². The fraction of sp³-hybridized carbons (Fsp3) is 0.882. The van der Waals surface area contributed by atoms with Crippen molar-refractivity contribution in [3.05, 3.63) is 0 Å². The zero-order chi connectivity index (χ0) is 19.9. The molecule has 0 saturated heterocycles. The highest BCUT2D eigenvalue weighted by molar-refractivity contribution is 5.82. The molecule has 0 bridgehead atoms. The second-order valence-electron chi connectivity index (χ2n) is 7.29. The minimum atomic E-state index is -4.65. The highest BCUT2D eigenvalue weighted by Gasteiger charge is 2.35. The van der Waals surface area contributed by atoms with E-state index in [0.29, 0.717) is 19.3 Å². The van der Waals surface area contributed by atoms with Crippen molar-refractivity contribution in [1.29, 1.82) is 0 Å². The lowest BCUT2D eigenvalue weighted by atomic mass is 9.85. The Morgan fingerprint density at radius 3 is 2.26 bits per heavy atom. The van der Waals surface area contributed by atoms with Crippen LogP contribution in [-0.4, -0.2) is 41.7 Å². The van der Waals surface area contributed by atoms with Crippen molar-refractivity contribution < 1.29 is 32.6 Å². The number of urea groups is 1. The number of carboxylic acids is 1. The normalized spacial score (nSPS) is 26.0. The molecule has 2 rings (SSSR count). The molecule has 2 aliphatic rings. The van der Waals surface area contributed by atoms with E-state index in [9.17, 15) is 27.9 Å². The van der Waals surface area contributed by atoms with Gasteiger partial charge in [0.15, 0.2) is 0 Å². The number of ether oxygens (including phenoxy) is 1. The van der Waals surface area contributed by atoms with Crippen LogP contribution in [0.5, 0.6) is 0 Å². The fourth-order valence-electron chi connectivity index (χ4n) is 3.76. The number of hydrogen-bond acceptors (Lipinski definition) is 4. The van der Waals surface area contributed by atoms with Crippen molar-refractivity contribution >= 4 is 12.0 Å². The summed E-state index contributed by atoms with van der Waals surface area (Å²) in [5.41, 5.74) is 0. The van der Waals surface area contributed by atoms with Gasteiger partial charge in [-0.25, -0.2) is 9.59 Å². The van der Waals surface area contributed by atoms with Crippen LogP contribution in [0.4, 0.5) is 18.0 Å². The van der Waals surface area contributed by atoms with Crippen molar-refractivity contribution in [2.45, 2.75) is 88.8 Å². The molecule has 0 spiro atoms. The summed E-state index contributed by atoms with van der Waals surface area (Å²) in [6, 6.07) is -2.19. The molecule has 0 aromatic rings. The van der Waals surface area contributed by atoms with Crippen LogP contribution in [0, 0.1) is 5.92 Å². The molecule has 0 aliphatic heterocycles. The standard InChI is InChI=1S/C17H26F3N3O4/c18-17(19,20)27-13-8-6-12(7-9-13)22-23-16(26)21-14(15(24)25)10-11-4-2-1-3-5-11/h11-14H,1-10H2,(H,21,26)(H,24,25). The maximum Gasteiger partial charge on any atom is 0.522 e. The maximum atomic E-state index is 12.2. The molecule has 2 N–H and O–H groups in total. The monoisotopic (exact) mass is 393 g/mol. The largest absolute Gasteiger partial charge is 0.522 e. The molecule has 1 unspecified atom stereocenters. The predicted molar refractivity (Wildman–Crippen MR) is 89.2 cm³/mol. The van der Waals surface area contributed by atoms with Crippen LogP contribution in [-0.2, 0) is 9.53 Å². The lowest BCUT2D eigenvalue weighted by Crippen LogP contribution is -2.41. The van der Waals surface area contributed by atoms with Crippen molar-refractivity contribution in [2.75, 3.05) is 0 Å².